The highest BCUT2D eigenvalue weighted by Gasteiger charge is 2.50. The van der Waals surface area contributed by atoms with Gasteiger partial charge in [0.25, 0.3) is 0 Å². The van der Waals surface area contributed by atoms with E-state index >= 15 is 0 Å². The Balaban J connectivity index is 1.34. The van der Waals surface area contributed by atoms with Crippen molar-refractivity contribution < 1.29 is 33.7 Å². The number of ether oxygens (including phenoxy) is 3. The van der Waals surface area contributed by atoms with Gasteiger partial charge < -0.3 is 29.5 Å². The van der Waals surface area contributed by atoms with Crippen LogP contribution in [0.3, 0.4) is 0 Å². The van der Waals surface area contributed by atoms with Crippen LogP contribution in [-0.2, 0) is 20.7 Å². The average molecular weight is 609 g/mol. The van der Waals surface area contributed by atoms with Gasteiger partial charge in [0.15, 0.2) is 0 Å². The summed E-state index contributed by atoms with van der Waals surface area (Å²) >= 11 is 0. The molecule has 3 heterocycles. The van der Waals surface area contributed by atoms with Gasteiger partial charge in [0, 0.05) is 12.5 Å². The van der Waals surface area contributed by atoms with Crippen LogP contribution in [0.4, 0.5) is 4.79 Å². The van der Waals surface area contributed by atoms with Crippen LogP contribution >= 0.6 is 0 Å². The van der Waals surface area contributed by atoms with Crippen molar-refractivity contribution in [3.8, 4) is 11.6 Å². The second-order valence-electron chi connectivity index (χ2n) is 14.1. The molecule has 238 valence electrons. The average Bonchev–Trinajstić information content (AvgIpc) is 3.70. The molecule has 7 atom stereocenters. The van der Waals surface area contributed by atoms with E-state index in [0.29, 0.717) is 41.3 Å². The number of aromatic nitrogens is 2. The van der Waals surface area contributed by atoms with Gasteiger partial charge in [0.05, 0.1) is 24.7 Å². The number of carboxylic acids is 1. The zero-order valence-electron chi connectivity index (χ0n) is 26.1. The number of aryl methyl sites for hydroxylation is 1. The first-order valence-electron chi connectivity index (χ1n) is 16.0. The highest BCUT2D eigenvalue weighted by atomic mass is 16.6. The highest BCUT2D eigenvalue weighted by molar-refractivity contribution is 5.90. The lowest BCUT2D eigenvalue weighted by Crippen LogP contribution is -2.57. The number of rotatable bonds is 2. The molecule has 1 aromatic carbocycles. The lowest BCUT2D eigenvalue weighted by Gasteiger charge is -2.36. The number of carbonyl (C=O) groups is 3. The van der Waals surface area contributed by atoms with Crippen LogP contribution in [0.15, 0.2) is 18.2 Å². The van der Waals surface area contributed by atoms with Crippen LogP contribution in [0.1, 0.15) is 77.8 Å². The van der Waals surface area contributed by atoms with Gasteiger partial charge in [-0.1, -0.05) is 33.6 Å². The molecule has 0 spiro atoms. The second-order valence-corrected chi connectivity index (χ2v) is 14.1. The fraction of sp³-hybridized carbons (Fsp3) is 0.667. The van der Waals surface area contributed by atoms with Crippen molar-refractivity contribution in [2.75, 3.05) is 13.7 Å². The molecule has 3 fully saturated rings. The fourth-order valence-corrected chi connectivity index (χ4v) is 7.84. The van der Waals surface area contributed by atoms with Crippen molar-refractivity contribution in [2.45, 2.75) is 103 Å². The third kappa shape index (κ3) is 6.02. The molecule has 0 radical (unpaired) electrons. The molecule has 2 saturated carbocycles. The first-order chi connectivity index (χ1) is 21.0. The van der Waals surface area contributed by atoms with Gasteiger partial charge in [-0.05, 0) is 73.8 Å². The molecule has 0 unspecified atom stereocenters. The first kappa shape index (κ1) is 30.4. The van der Waals surface area contributed by atoms with E-state index in [1.54, 1.807) is 13.2 Å². The summed E-state index contributed by atoms with van der Waals surface area (Å²) in [7, 11) is 1.59. The summed E-state index contributed by atoms with van der Waals surface area (Å²) in [6.07, 6.45) is 6.58. The number of nitrogens with one attached hydrogen (secondary N) is 1. The van der Waals surface area contributed by atoms with Crippen molar-refractivity contribution in [3.05, 3.63) is 23.9 Å². The molecule has 11 heteroatoms. The Morgan fingerprint density at radius 2 is 1.82 bits per heavy atom. The maximum Gasteiger partial charge on any atom is 0.408 e. The molecular weight excluding hydrogens is 564 g/mol. The van der Waals surface area contributed by atoms with E-state index in [-0.39, 0.29) is 19.1 Å². The smallest absolute Gasteiger partial charge is 0.408 e. The van der Waals surface area contributed by atoms with E-state index in [2.05, 4.69) is 5.32 Å². The Labute approximate surface area is 258 Å². The van der Waals surface area contributed by atoms with Gasteiger partial charge in [-0.3, -0.25) is 4.79 Å². The van der Waals surface area contributed by atoms with Crippen molar-refractivity contribution in [1.82, 2.24) is 20.2 Å². The van der Waals surface area contributed by atoms with E-state index in [0.717, 1.165) is 49.7 Å². The summed E-state index contributed by atoms with van der Waals surface area (Å²) < 4.78 is 17.9. The largest absolute Gasteiger partial charge is 0.497 e. The highest BCUT2D eigenvalue weighted by Crippen LogP contribution is 2.51. The van der Waals surface area contributed by atoms with Crippen LogP contribution in [0.5, 0.6) is 11.6 Å². The zero-order valence-corrected chi connectivity index (χ0v) is 26.1. The summed E-state index contributed by atoms with van der Waals surface area (Å²) in [6, 6.07) is 3.44. The lowest BCUT2D eigenvalue weighted by molar-refractivity contribution is -0.150. The topological polar surface area (TPSA) is 140 Å². The molecule has 44 heavy (non-hydrogen) atoms. The van der Waals surface area contributed by atoms with Crippen LogP contribution in [0.25, 0.3) is 11.0 Å². The summed E-state index contributed by atoms with van der Waals surface area (Å²) in [6.45, 7) is 5.61. The van der Waals surface area contributed by atoms with Crippen LogP contribution in [0.2, 0.25) is 0 Å². The van der Waals surface area contributed by atoms with E-state index < -0.39 is 41.6 Å². The second kappa shape index (κ2) is 12.0. The van der Waals surface area contributed by atoms with E-state index in [4.69, 9.17) is 24.2 Å². The van der Waals surface area contributed by atoms with Crippen molar-refractivity contribution in [2.24, 2.45) is 23.2 Å². The number of alkyl carbamates (subject to hydrolysis) is 1. The molecule has 1 aromatic heterocycles. The number of benzene rings is 1. The monoisotopic (exact) mass is 608 g/mol. The zero-order chi connectivity index (χ0) is 31.2. The van der Waals surface area contributed by atoms with Crippen molar-refractivity contribution in [1.29, 1.82) is 0 Å². The Bertz CT molecular complexity index is 1420. The molecule has 4 bridgehead atoms. The van der Waals surface area contributed by atoms with Crippen LogP contribution in [-0.4, -0.2) is 75.9 Å². The molecule has 2 aliphatic heterocycles. The maximum absolute atomic E-state index is 14.0. The van der Waals surface area contributed by atoms with Gasteiger partial charge >= 0.3 is 12.1 Å². The van der Waals surface area contributed by atoms with Gasteiger partial charge in [0.1, 0.15) is 35.7 Å². The molecule has 2 amide bonds. The third-order valence-corrected chi connectivity index (χ3v) is 10.1. The minimum atomic E-state index is -1.12. The predicted octanol–water partition coefficient (Wildman–Crippen LogP) is 4.74. The van der Waals surface area contributed by atoms with Crippen LogP contribution < -0.4 is 14.8 Å². The van der Waals surface area contributed by atoms with Crippen molar-refractivity contribution >= 4 is 29.0 Å². The number of methoxy groups -OCH3 is 1. The number of carbonyl (C=O) groups excluding carboxylic acids is 2. The van der Waals surface area contributed by atoms with Crippen LogP contribution in [0, 0.1) is 23.2 Å². The van der Waals surface area contributed by atoms with E-state index in [1.165, 1.54) is 11.3 Å². The molecular formula is C33H44N4O7. The SMILES string of the molecule is COc1ccc2nc3c(nc2c1)O[C@@H]1C[C@@H](C(=O)O)N(C1)C(=O)[C@H](C(C)(C)C)NC(=O)O[C@@H]1[C@H]2CC[C@H](C2)[C@H]1CCCCC3. The predicted molar refractivity (Wildman–Crippen MR) is 161 cm³/mol. The summed E-state index contributed by atoms with van der Waals surface area (Å²) in [4.78, 5) is 50.8. The molecule has 1 saturated heterocycles. The minimum absolute atomic E-state index is 0.0465. The molecule has 6 rings (SSSR count). The minimum Gasteiger partial charge on any atom is -0.497 e. The summed E-state index contributed by atoms with van der Waals surface area (Å²) in [5.74, 6) is 0.647. The molecule has 2 N–H and O–H groups in total. The first-order valence-corrected chi connectivity index (χ1v) is 16.0. The number of aliphatic carboxylic acids is 1. The Morgan fingerprint density at radius 3 is 2.57 bits per heavy atom. The molecule has 2 aliphatic carbocycles. The summed E-state index contributed by atoms with van der Waals surface area (Å²) in [5, 5.41) is 13.0. The number of hydrogen-bond acceptors (Lipinski definition) is 8. The third-order valence-electron chi connectivity index (χ3n) is 10.1. The normalized spacial score (nSPS) is 31.3. The van der Waals surface area contributed by atoms with E-state index in [1.807, 2.05) is 32.9 Å². The van der Waals surface area contributed by atoms with Crippen molar-refractivity contribution in [3.63, 3.8) is 0 Å². The van der Waals surface area contributed by atoms with Gasteiger partial charge in [-0.2, -0.15) is 0 Å². The molecule has 2 aromatic rings. The molecule has 11 nitrogen and oxygen atoms in total. The van der Waals surface area contributed by atoms with Gasteiger partial charge in [-0.25, -0.2) is 19.6 Å². The standard InChI is InChI=1S/C33H44N4O7/c1-33(2,3)28-30(38)37-17-21(16-26(37)31(39)40)43-29-24(34-23-13-12-20(42-4)15-25(23)35-29)9-7-5-6-8-22-18-10-11-19(14-18)27(22)44-32(41)36-28/h12-13,15,18-19,21-22,26-28H,5-11,14,16-17H2,1-4H3,(H,36,41)(H,39,40)/t18-,19+,21-,22-,26+,27-,28-/m1/s1. The number of carboxylic acid groups (broad SMARTS) is 1. The lowest BCUT2D eigenvalue weighted by atomic mass is 9.82. The Hall–Kier alpha value is -3.63. The fourth-order valence-electron chi connectivity index (χ4n) is 7.84. The number of nitrogens with zero attached hydrogens (tertiary/aromatic N) is 3. The molecule has 4 aliphatic rings. The van der Waals surface area contributed by atoms with Gasteiger partial charge in [-0.15, -0.1) is 0 Å². The number of fused-ring (bicyclic) bond motifs is 9. The Morgan fingerprint density at radius 1 is 1.02 bits per heavy atom. The van der Waals surface area contributed by atoms with Gasteiger partial charge in [0.2, 0.25) is 11.8 Å². The number of hydrogen-bond donors (Lipinski definition) is 2. The summed E-state index contributed by atoms with van der Waals surface area (Å²) in [5.41, 5.74) is 1.38. The van der Waals surface area contributed by atoms with E-state index in [9.17, 15) is 19.5 Å². The quantitative estimate of drug-likeness (QED) is 0.495. The number of amides is 2. The maximum atomic E-state index is 14.0. The Kier molecular flexibility index (Phi) is 8.32.